The average Bonchev–Trinajstić information content (AvgIpc) is 3.09. The van der Waals surface area contributed by atoms with Crippen molar-refractivity contribution in [1.82, 2.24) is 4.72 Å². The van der Waals surface area contributed by atoms with E-state index in [1.54, 1.807) is 0 Å². The number of fused-ring (bicyclic) bond motifs is 5. The quantitative estimate of drug-likeness (QED) is 0.381. The Bertz CT molecular complexity index is 691. The minimum absolute atomic E-state index is 0.190. The fourth-order valence-corrected chi connectivity index (χ4v) is 10.0. The lowest BCUT2D eigenvalue weighted by Gasteiger charge is -2.64. The summed E-state index contributed by atoms with van der Waals surface area (Å²) in [6.07, 6.45) is 10.4. The highest BCUT2D eigenvalue weighted by molar-refractivity contribution is 7.77. The maximum absolute atomic E-state index is 11.8. The molecule has 0 aliphatic heterocycles. The average molecular weight is 469 g/mol. The van der Waals surface area contributed by atoms with Crippen LogP contribution in [0.2, 0.25) is 0 Å². The fraction of sp³-hybridized carbons (Fsp3) is 1.00. The predicted molar refractivity (Wildman–Crippen MR) is 127 cm³/mol. The molecule has 0 spiro atoms. The van der Waals surface area contributed by atoms with Crippen molar-refractivity contribution in [1.29, 1.82) is 0 Å². The molecular weight excluding hydrogens is 422 g/mol. The van der Waals surface area contributed by atoms with E-state index in [1.807, 2.05) is 0 Å². The lowest BCUT2D eigenvalue weighted by Crippen LogP contribution is -2.62. The van der Waals surface area contributed by atoms with E-state index in [9.17, 15) is 19.0 Å². The van der Waals surface area contributed by atoms with E-state index in [0.717, 1.165) is 38.5 Å². The van der Waals surface area contributed by atoms with Crippen molar-refractivity contribution in [3.8, 4) is 0 Å². The molecule has 4 aliphatic rings. The summed E-state index contributed by atoms with van der Waals surface area (Å²) in [4.78, 5) is 0. The van der Waals surface area contributed by atoms with Crippen LogP contribution >= 0.6 is 0 Å². The normalized spacial score (nSPS) is 50.2. The summed E-state index contributed by atoms with van der Waals surface area (Å²) < 4.78 is 24.0. The lowest BCUT2D eigenvalue weighted by atomic mass is 9.41. The van der Waals surface area contributed by atoms with Crippen LogP contribution in [0.5, 0.6) is 0 Å². The maximum atomic E-state index is 11.8. The number of hydrogen-bond donors (Lipinski definition) is 3. The topological polar surface area (TPSA) is 92.6 Å². The number of nitrogens with one attached hydrogen (secondary N) is 1. The molecule has 186 valence electrons. The Morgan fingerprint density at radius 3 is 2.44 bits per heavy atom. The number of aliphatic hydroxyl groups is 2. The molecule has 0 aromatic heterocycles. The number of rotatable bonds is 7. The Labute approximate surface area is 197 Å². The molecule has 5 nitrogen and oxygen atoms in total. The Morgan fingerprint density at radius 2 is 1.75 bits per heavy atom. The van der Waals surface area contributed by atoms with Crippen molar-refractivity contribution in [2.45, 2.75) is 104 Å². The van der Waals surface area contributed by atoms with Gasteiger partial charge in [-0.05, 0) is 110 Å². The van der Waals surface area contributed by atoms with Crippen LogP contribution in [0.4, 0.5) is 0 Å². The molecule has 0 saturated heterocycles. The Kier molecular flexibility index (Phi) is 7.50. The van der Waals surface area contributed by atoms with E-state index in [2.05, 4.69) is 32.4 Å². The third-order valence-corrected chi connectivity index (χ3v) is 11.6. The van der Waals surface area contributed by atoms with Crippen LogP contribution in [0.25, 0.3) is 0 Å². The maximum Gasteiger partial charge on any atom is 0.0605 e. The lowest BCUT2D eigenvalue weighted by molar-refractivity contribution is -0.203. The van der Waals surface area contributed by atoms with Crippen molar-refractivity contribution < 1.29 is 19.0 Å². The molecule has 4 saturated carbocycles. The first-order chi connectivity index (χ1) is 15.1. The molecule has 4 fully saturated rings. The largest absolute Gasteiger partial charge is 0.760 e. The van der Waals surface area contributed by atoms with Gasteiger partial charge in [0.25, 0.3) is 0 Å². The number of aliphatic hydroxyl groups excluding tert-OH is 2. The van der Waals surface area contributed by atoms with Gasteiger partial charge in [-0.15, -0.1) is 0 Å². The molecule has 3 unspecified atom stereocenters. The van der Waals surface area contributed by atoms with Crippen molar-refractivity contribution >= 4 is 11.3 Å². The van der Waals surface area contributed by atoms with Crippen molar-refractivity contribution in [2.24, 2.45) is 52.3 Å². The second-order valence-corrected chi connectivity index (χ2v) is 13.1. The van der Waals surface area contributed by atoms with Gasteiger partial charge < -0.3 is 14.8 Å². The summed E-state index contributed by atoms with van der Waals surface area (Å²) in [6, 6.07) is 0. The molecule has 6 heteroatoms. The number of hydrogen-bond acceptors (Lipinski definition) is 4. The summed E-state index contributed by atoms with van der Waals surface area (Å²) in [5.74, 6) is 3.59. The fourth-order valence-electron chi connectivity index (χ4n) is 9.71. The first kappa shape index (κ1) is 25.1. The molecule has 4 rings (SSSR count). The Morgan fingerprint density at radius 1 is 1.06 bits per heavy atom. The minimum Gasteiger partial charge on any atom is -0.760 e. The minimum atomic E-state index is -2.16. The molecular formula is C26H46NO4S-. The second kappa shape index (κ2) is 9.56. The zero-order valence-electron chi connectivity index (χ0n) is 20.6. The molecule has 0 bridgehead atoms. The SMILES string of the molecule is CC[C@@H]1C2C[C@H](O)CC[C@@]2(C)[C@H]2CC[C@]3(C)[C@@H]([C@H](C)CCCNS(=O)[O-])CC[C@H]3C2[C@@H]1O. The monoisotopic (exact) mass is 468 g/mol. The molecule has 0 radical (unpaired) electrons. The van der Waals surface area contributed by atoms with E-state index < -0.39 is 11.3 Å². The van der Waals surface area contributed by atoms with E-state index in [4.69, 9.17) is 0 Å². The molecule has 32 heavy (non-hydrogen) atoms. The van der Waals surface area contributed by atoms with Crippen molar-refractivity contribution in [3.63, 3.8) is 0 Å². The van der Waals surface area contributed by atoms with Crippen LogP contribution in [0.15, 0.2) is 0 Å². The van der Waals surface area contributed by atoms with Gasteiger partial charge in [-0.2, -0.15) is 0 Å². The van der Waals surface area contributed by atoms with Gasteiger partial charge in [-0.1, -0.05) is 34.1 Å². The summed E-state index contributed by atoms with van der Waals surface area (Å²) >= 11 is -2.16. The summed E-state index contributed by atoms with van der Waals surface area (Å²) in [5.41, 5.74) is 0.542. The van der Waals surface area contributed by atoms with Gasteiger partial charge in [0.1, 0.15) is 0 Å². The smallest absolute Gasteiger partial charge is 0.0605 e. The Hall–Kier alpha value is -0.0100. The van der Waals surface area contributed by atoms with Crippen LogP contribution in [-0.4, -0.2) is 37.7 Å². The highest BCUT2D eigenvalue weighted by Crippen LogP contribution is 2.69. The van der Waals surface area contributed by atoms with Crippen LogP contribution in [0.1, 0.15) is 91.9 Å². The zero-order valence-corrected chi connectivity index (χ0v) is 21.4. The van der Waals surface area contributed by atoms with Crippen LogP contribution in [0, 0.1) is 52.3 Å². The standard InChI is InChI=1S/C26H47NO4S/c1-5-18-22-15-17(28)10-12-26(22,4)21-11-13-25(3)19(8-9-20(25)23(21)24(18)29)16(2)7-6-14-27-32(30)31/h16-24,27-29H,5-15H2,1-4H3,(H,30,31)/p-1/t16-,17-,18-,19-,20+,21+,22?,23?,24-,25-,26+/m1/s1. The molecule has 0 aromatic rings. The molecule has 3 N–H and O–H groups in total. The van der Waals surface area contributed by atoms with Crippen molar-refractivity contribution in [3.05, 3.63) is 0 Å². The van der Waals surface area contributed by atoms with E-state index >= 15 is 0 Å². The highest BCUT2D eigenvalue weighted by Gasteiger charge is 2.64. The van der Waals surface area contributed by atoms with E-state index in [1.165, 1.54) is 25.7 Å². The third kappa shape index (κ3) is 4.14. The van der Waals surface area contributed by atoms with Gasteiger partial charge in [0, 0.05) is 17.8 Å². The van der Waals surface area contributed by atoms with Gasteiger partial charge in [-0.3, -0.25) is 4.21 Å². The van der Waals surface area contributed by atoms with Gasteiger partial charge in [0.2, 0.25) is 0 Å². The van der Waals surface area contributed by atoms with Crippen LogP contribution in [0.3, 0.4) is 0 Å². The van der Waals surface area contributed by atoms with Gasteiger partial charge >= 0.3 is 0 Å². The summed E-state index contributed by atoms with van der Waals surface area (Å²) in [6.45, 7) is 10.1. The summed E-state index contributed by atoms with van der Waals surface area (Å²) in [5, 5.41) is 22.2. The van der Waals surface area contributed by atoms with E-state index in [0.29, 0.717) is 48.0 Å². The van der Waals surface area contributed by atoms with E-state index in [-0.39, 0.29) is 23.0 Å². The van der Waals surface area contributed by atoms with Gasteiger partial charge in [0.15, 0.2) is 0 Å². The second-order valence-electron chi connectivity index (χ2n) is 12.4. The molecule has 0 aromatic carbocycles. The van der Waals surface area contributed by atoms with Crippen LogP contribution < -0.4 is 4.72 Å². The first-order valence-corrected chi connectivity index (χ1v) is 14.4. The summed E-state index contributed by atoms with van der Waals surface area (Å²) in [7, 11) is 0. The first-order valence-electron chi connectivity index (χ1n) is 13.3. The molecule has 12 atom stereocenters. The van der Waals surface area contributed by atoms with Crippen LogP contribution in [-0.2, 0) is 11.3 Å². The highest BCUT2D eigenvalue weighted by atomic mass is 32.2. The Balaban J connectivity index is 1.53. The predicted octanol–water partition coefficient (Wildman–Crippen LogP) is 4.41. The zero-order chi connectivity index (χ0) is 23.3. The molecule has 0 heterocycles. The molecule has 4 aliphatic carbocycles. The molecule has 0 amide bonds. The van der Waals surface area contributed by atoms with Gasteiger partial charge in [0.05, 0.1) is 12.2 Å². The van der Waals surface area contributed by atoms with Crippen molar-refractivity contribution in [2.75, 3.05) is 6.54 Å². The third-order valence-electron chi connectivity index (χ3n) is 11.2. The van der Waals surface area contributed by atoms with Gasteiger partial charge in [-0.25, -0.2) is 4.72 Å².